The summed E-state index contributed by atoms with van der Waals surface area (Å²) in [7, 11) is 0. The summed E-state index contributed by atoms with van der Waals surface area (Å²) in [4.78, 5) is 0. The van der Waals surface area contributed by atoms with E-state index in [1.807, 2.05) is 0 Å². The number of benzene rings is 1. The van der Waals surface area contributed by atoms with E-state index in [0.717, 1.165) is 13.0 Å². The van der Waals surface area contributed by atoms with Crippen molar-refractivity contribution in [2.75, 3.05) is 6.54 Å². The molecule has 1 aromatic carbocycles. The van der Waals surface area contributed by atoms with Crippen molar-refractivity contribution in [1.29, 1.82) is 0 Å². The predicted molar refractivity (Wildman–Crippen MR) is 74.8 cm³/mol. The van der Waals surface area contributed by atoms with Crippen LogP contribution in [-0.4, -0.2) is 12.6 Å². The summed E-state index contributed by atoms with van der Waals surface area (Å²) in [5.74, 6) is 0.715. The van der Waals surface area contributed by atoms with Gasteiger partial charge >= 0.3 is 0 Å². The third-order valence-electron chi connectivity index (χ3n) is 3.19. The number of rotatable bonds is 6. The fraction of sp³-hybridized carbons (Fsp3) is 0.571. The van der Waals surface area contributed by atoms with Crippen LogP contribution in [0.15, 0.2) is 28.7 Å². The molecular weight excluding hydrogens is 262 g/mol. The van der Waals surface area contributed by atoms with Crippen LogP contribution in [0.5, 0.6) is 0 Å². The van der Waals surface area contributed by atoms with Gasteiger partial charge in [-0.2, -0.15) is 0 Å². The van der Waals surface area contributed by atoms with Crippen molar-refractivity contribution in [2.24, 2.45) is 5.92 Å². The molecule has 0 saturated heterocycles. The maximum atomic E-state index is 3.62. The lowest BCUT2D eigenvalue weighted by atomic mass is 9.93. The van der Waals surface area contributed by atoms with Gasteiger partial charge in [0.05, 0.1) is 0 Å². The molecule has 0 fully saturated rings. The van der Waals surface area contributed by atoms with E-state index < -0.39 is 0 Å². The molecule has 1 nitrogen and oxygen atoms in total. The summed E-state index contributed by atoms with van der Waals surface area (Å²) in [6.07, 6.45) is 2.33. The summed E-state index contributed by atoms with van der Waals surface area (Å²) in [6.45, 7) is 7.80. The van der Waals surface area contributed by atoms with Crippen LogP contribution in [0.2, 0.25) is 0 Å². The Hall–Kier alpha value is -0.340. The second-order valence-electron chi connectivity index (χ2n) is 4.35. The maximum Gasteiger partial charge on any atom is 0.0207 e. The fourth-order valence-corrected chi connectivity index (χ4v) is 2.37. The van der Waals surface area contributed by atoms with Crippen LogP contribution in [0.4, 0.5) is 0 Å². The normalized spacial score (nSPS) is 14.8. The zero-order chi connectivity index (χ0) is 12.0. The molecule has 16 heavy (non-hydrogen) atoms. The quantitative estimate of drug-likeness (QED) is 0.832. The van der Waals surface area contributed by atoms with Crippen LogP contribution in [-0.2, 0) is 6.42 Å². The van der Waals surface area contributed by atoms with E-state index in [9.17, 15) is 0 Å². The molecule has 2 heteroatoms. The Balaban J connectivity index is 2.71. The molecule has 0 aromatic heterocycles. The van der Waals surface area contributed by atoms with Crippen molar-refractivity contribution in [3.8, 4) is 0 Å². The van der Waals surface area contributed by atoms with Gasteiger partial charge < -0.3 is 5.32 Å². The van der Waals surface area contributed by atoms with Gasteiger partial charge in [0, 0.05) is 10.5 Å². The molecule has 0 spiro atoms. The largest absolute Gasteiger partial charge is 0.314 e. The average Bonchev–Trinajstić information content (AvgIpc) is 2.30. The summed E-state index contributed by atoms with van der Waals surface area (Å²) < 4.78 is 1.22. The first-order valence-electron chi connectivity index (χ1n) is 6.15. The number of nitrogens with one attached hydrogen (secondary N) is 1. The molecule has 0 saturated carbocycles. The van der Waals surface area contributed by atoms with E-state index in [1.54, 1.807) is 0 Å². The van der Waals surface area contributed by atoms with Crippen LogP contribution in [0, 0.1) is 5.92 Å². The fourth-order valence-electron chi connectivity index (χ4n) is 1.92. The molecule has 1 N–H and O–H groups in total. The monoisotopic (exact) mass is 283 g/mol. The van der Waals surface area contributed by atoms with Crippen LogP contribution in [0.1, 0.15) is 32.8 Å². The molecule has 0 aliphatic rings. The lowest BCUT2D eigenvalue weighted by molar-refractivity contribution is 0.370. The summed E-state index contributed by atoms with van der Waals surface area (Å²) in [6, 6.07) is 9.08. The highest BCUT2D eigenvalue weighted by atomic mass is 79.9. The first-order valence-corrected chi connectivity index (χ1v) is 6.95. The molecule has 2 atom stereocenters. The van der Waals surface area contributed by atoms with Gasteiger partial charge in [-0.3, -0.25) is 0 Å². The van der Waals surface area contributed by atoms with Gasteiger partial charge in [-0.1, -0.05) is 61.3 Å². The number of hydrogen-bond donors (Lipinski definition) is 1. The second-order valence-corrected chi connectivity index (χ2v) is 5.20. The molecule has 0 aliphatic heterocycles. The number of hydrogen-bond acceptors (Lipinski definition) is 1. The Bertz CT molecular complexity index is 311. The zero-order valence-electron chi connectivity index (χ0n) is 10.5. The third kappa shape index (κ3) is 3.91. The second kappa shape index (κ2) is 7.08. The van der Waals surface area contributed by atoms with E-state index in [2.05, 4.69) is 66.3 Å². The zero-order valence-corrected chi connectivity index (χ0v) is 12.0. The van der Waals surface area contributed by atoms with Crippen molar-refractivity contribution in [2.45, 2.75) is 39.7 Å². The summed E-state index contributed by atoms with van der Waals surface area (Å²) in [5.41, 5.74) is 1.40. The maximum absolute atomic E-state index is 3.62. The minimum atomic E-state index is 0.578. The van der Waals surface area contributed by atoms with Crippen molar-refractivity contribution in [3.63, 3.8) is 0 Å². The van der Waals surface area contributed by atoms with Gasteiger partial charge in [0.1, 0.15) is 0 Å². The van der Waals surface area contributed by atoms with Crippen molar-refractivity contribution < 1.29 is 0 Å². The van der Waals surface area contributed by atoms with Gasteiger partial charge in [0.15, 0.2) is 0 Å². The Morgan fingerprint density at radius 2 is 1.94 bits per heavy atom. The van der Waals surface area contributed by atoms with Crippen molar-refractivity contribution >= 4 is 15.9 Å². The van der Waals surface area contributed by atoms with Crippen LogP contribution >= 0.6 is 15.9 Å². The molecule has 0 heterocycles. The van der Waals surface area contributed by atoms with Gasteiger partial charge in [0.2, 0.25) is 0 Å². The Kier molecular flexibility index (Phi) is 6.07. The molecule has 0 aliphatic carbocycles. The minimum absolute atomic E-state index is 0.578. The van der Waals surface area contributed by atoms with Crippen molar-refractivity contribution in [3.05, 3.63) is 34.3 Å². The molecule has 0 amide bonds. The first-order chi connectivity index (χ1) is 7.69. The molecule has 2 unspecified atom stereocenters. The molecular formula is C14H22BrN. The van der Waals surface area contributed by atoms with Gasteiger partial charge in [-0.25, -0.2) is 0 Å². The van der Waals surface area contributed by atoms with Crippen LogP contribution < -0.4 is 5.32 Å². The molecule has 1 rings (SSSR count). The van der Waals surface area contributed by atoms with E-state index in [0.29, 0.717) is 12.0 Å². The SMILES string of the molecule is CCNC(Cc1ccccc1Br)C(C)CC. The summed E-state index contributed by atoms with van der Waals surface area (Å²) >= 11 is 3.62. The minimum Gasteiger partial charge on any atom is -0.314 e. The lowest BCUT2D eigenvalue weighted by Gasteiger charge is -2.24. The topological polar surface area (TPSA) is 12.0 Å². The molecule has 0 bridgehead atoms. The van der Waals surface area contributed by atoms with Gasteiger partial charge in [-0.05, 0) is 30.5 Å². The number of likely N-dealkylation sites (N-methyl/N-ethyl adjacent to an activating group) is 1. The highest BCUT2D eigenvalue weighted by molar-refractivity contribution is 9.10. The highest BCUT2D eigenvalue weighted by Crippen LogP contribution is 2.20. The molecule has 0 radical (unpaired) electrons. The van der Waals surface area contributed by atoms with E-state index in [1.165, 1.54) is 16.5 Å². The predicted octanol–water partition coefficient (Wildman–Crippen LogP) is 4.02. The summed E-state index contributed by atoms with van der Waals surface area (Å²) in [5, 5.41) is 3.59. The number of halogens is 1. The Labute approximate surface area is 108 Å². The van der Waals surface area contributed by atoms with Crippen LogP contribution in [0.3, 0.4) is 0 Å². The molecule has 1 aromatic rings. The average molecular weight is 284 g/mol. The van der Waals surface area contributed by atoms with Crippen molar-refractivity contribution in [1.82, 2.24) is 5.32 Å². The Morgan fingerprint density at radius 3 is 2.50 bits per heavy atom. The van der Waals surface area contributed by atoms with E-state index >= 15 is 0 Å². The van der Waals surface area contributed by atoms with Gasteiger partial charge in [0.25, 0.3) is 0 Å². The van der Waals surface area contributed by atoms with E-state index in [4.69, 9.17) is 0 Å². The smallest absolute Gasteiger partial charge is 0.0207 e. The highest BCUT2D eigenvalue weighted by Gasteiger charge is 2.15. The first kappa shape index (κ1) is 13.7. The third-order valence-corrected chi connectivity index (χ3v) is 3.97. The van der Waals surface area contributed by atoms with Gasteiger partial charge in [-0.15, -0.1) is 0 Å². The van der Waals surface area contributed by atoms with E-state index in [-0.39, 0.29) is 0 Å². The molecule has 90 valence electrons. The van der Waals surface area contributed by atoms with Crippen LogP contribution in [0.25, 0.3) is 0 Å². The standard InChI is InChI=1S/C14H22BrN/c1-4-11(3)14(16-5-2)10-12-8-6-7-9-13(12)15/h6-9,11,14,16H,4-5,10H2,1-3H3. The Morgan fingerprint density at radius 1 is 1.25 bits per heavy atom. The lowest BCUT2D eigenvalue weighted by Crippen LogP contribution is -2.36.